The van der Waals surface area contributed by atoms with Crippen molar-refractivity contribution >= 4 is 35.7 Å². The molecule has 36 heavy (non-hydrogen) atoms. The highest BCUT2D eigenvalue weighted by Crippen LogP contribution is 2.31. The van der Waals surface area contributed by atoms with Crippen LogP contribution in [0.5, 0.6) is 23.0 Å². The molecule has 0 radical (unpaired) electrons. The van der Waals surface area contributed by atoms with E-state index in [-0.39, 0.29) is 28.6 Å². The van der Waals surface area contributed by atoms with E-state index in [0.29, 0.717) is 5.56 Å². The van der Waals surface area contributed by atoms with Gasteiger partial charge in [-0.1, -0.05) is 38.5 Å². The molecule has 0 heterocycles. The highest BCUT2D eigenvalue weighted by molar-refractivity contribution is 6.07. The number of carbonyl (C=O) groups excluding carboxylic acids is 5. The average Bonchev–Trinajstić information content (AvgIpc) is 2.88. The van der Waals surface area contributed by atoms with Crippen molar-refractivity contribution in [3.05, 3.63) is 104 Å². The molecule has 0 unspecified atom stereocenters. The fraction of sp³-hybridized carbons (Fsp3) is 0. The second kappa shape index (κ2) is 12.8. The number of benzene rings is 2. The largest absolute Gasteiger partial charge is 0.419 e. The zero-order chi connectivity index (χ0) is 26.7. The Morgan fingerprint density at radius 3 is 1.44 bits per heavy atom. The van der Waals surface area contributed by atoms with Crippen LogP contribution in [0.2, 0.25) is 0 Å². The van der Waals surface area contributed by atoms with E-state index < -0.39 is 29.7 Å². The van der Waals surface area contributed by atoms with Gasteiger partial charge in [0.1, 0.15) is 0 Å². The highest BCUT2D eigenvalue weighted by atomic mass is 16.6. The summed E-state index contributed by atoms with van der Waals surface area (Å²) in [5.74, 6) is -4.09. The lowest BCUT2D eigenvalue weighted by atomic mass is 10.1. The molecule has 2 aromatic carbocycles. The lowest BCUT2D eigenvalue weighted by molar-refractivity contribution is -0.131. The fourth-order valence-electron chi connectivity index (χ4n) is 2.49. The van der Waals surface area contributed by atoms with Gasteiger partial charge in [-0.15, -0.1) is 0 Å². The molecule has 0 N–H and O–H groups in total. The summed E-state index contributed by atoms with van der Waals surface area (Å²) in [6.45, 7) is 13.2. The van der Waals surface area contributed by atoms with Crippen molar-refractivity contribution in [3.8, 4) is 23.0 Å². The van der Waals surface area contributed by atoms with E-state index in [1.165, 1.54) is 48.6 Å². The summed E-state index contributed by atoms with van der Waals surface area (Å²) in [5.41, 5.74) is 0.523. The number of hydrogen-bond donors (Lipinski definition) is 0. The molecular formula is C27H20O9. The van der Waals surface area contributed by atoms with Gasteiger partial charge in [0.05, 0.1) is 0 Å². The van der Waals surface area contributed by atoms with Crippen molar-refractivity contribution < 1.29 is 42.9 Å². The van der Waals surface area contributed by atoms with Gasteiger partial charge in [-0.25, -0.2) is 19.2 Å². The standard InChI is InChI=1S/C27H20O9/c1-5-24(29)33-20-13-10-17(15-22(20)35-26(31)7-3)9-12-19(28)18-11-14-21(34-25(30)6-2)23(16-18)36-27(32)8-4/h5-16H,1-4H2. The first kappa shape index (κ1) is 26.9. The van der Waals surface area contributed by atoms with E-state index in [2.05, 4.69) is 26.3 Å². The number of esters is 4. The van der Waals surface area contributed by atoms with Gasteiger partial charge in [0.15, 0.2) is 28.8 Å². The Kier molecular flexibility index (Phi) is 9.58. The molecule has 0 aliphatic heterocycles. The maximum Gasteiger partial charge on any atom is 0.335 e. The predicted molar refractivity (Wildman–Crippen MR) is 130 cm³/mol. The molecule has 0 aliphatic carbocycles. The Bertz CT molecular complexity index is 1300. The van der Waals surface area contributed by atoms with Crippen molar-refractivity contribution in [3.63, 3.8) is 0 Å². The van der Waals surface area contributed by atoms with Crippen LogP contribution < -0.4 is 18.9 Å². The van der Waals surface area contributed by atoms with Crippen molar-refractivity contribution in [2.75, 3.05) is 0 Å². The Morgan fingerprint density at radius 2 is 0.972 bits per heavy atom. The number of carbonyl (C=O) groups is 5. The molecule has 0 spiro atoms. The molecule has 2 rings (SSSR count). The molecular weight excluding hydrogens is 468 g/mol. The van der Waals surface area contributed by atoms with Crippen LogP contribution in [0.25, 0.3) is 6.08 Å². The van der Waals surface area contributed by atoms with E-state index in [9.17, 15) is 24.0 Å². The lowest BCUT2D eigenvalue weighted by Crippen LogP contribution is -2.09. The van der Waals surface area contributed by atoms with Gasteiger partial charge in [-0.05, 0) is 42.0 Å². The molecule has 0 atom stereocenters. The number of ether oxygens (including phenoxy) is 4. The molecule has 2 aromatic rings. The molecule has 0 amide bonds. The van der Waals surface area contributed by atoms with Crippen LogP contribution in [0.3, 0.4) is 0 Å². The van der Waals surface area contributed by atoms with E-state index in [1.54, 1.807) is 0 Å². The van der Waals surface area contributed by atoms with Crippen molar-refractivity contribution in [1.82, 2.24) is 0 Å². The minimum Gasteiger partial charge on any atom is -0.419 e. The molecule has 0 fully saturated rings. The smallest absolute Gasteiger partial charge is 0.335 e. The van der Waals surface area contributed by atoms with Gasteiger partial charge in [-0.2, -0.15) is 0 Å². The monoisotopic (exact) mass is 488 g/mol. The summed E-state index contributed by atoms with van der Waals surface area (Å²) < 4.78 is 20.2. The number of ketones is 1. The van der Waals surface area contributed by atoms with E-state index in [1.807, 2.05) is 0 Å². The van der Waals surface area contributed by atoms with Gasteiger partial charge in [0.25, 0.3) is 0 Å². The van der Waals surface area contributed by atoms with Gasteiger partial charge in [0.2, 0.25) is 0 Å². The third kappa shape index (κ3) is 7.63. The quantitative estimate of drug-likeness (QED) is 0.200. The van der Waals surface area contributed by atoms with Crippen LogP contribution >= 0.6 is 0 Å². The Labute approximate surface area is 206 Å². The van der Waals surface area contributed by atoms with Crippen LogP contribution in [-0.4, -0.2) is 29.7 Å². The van der Waals surface area contributed by atoms with Crippen LogP contribution in [0.1, 0.15) is 15.9 Å². The maximum atomic E-state index is 12.7. The van der Waals surface area contributed by atoms with Crippen molar-refractivity contribution in [2.45, 2.75) is 0 Å². The first-order valence-electron chi connectivity index (χ1n) is 10.1. The summed E-state index contributed by atoms with van der Waals surface area (Å²) in [6.07, 6.45) is 6.31. The van der Waals surface area contributed by atoms with Crippen LogP contribution in [-0.2, 0) is 19.2 Å². The normalized spacial score (nSPS) is 10.0. The molecule has 182 valence electrons. The minimum absolute atomic E-state index is 0.0445. The van der Waals surface area contributed by atoms with Crippen molar-refractivity contribution in [2.24, 2.45) is 0 Å². The summed E-state index contributed by atoms with van der Waals surface area (Å²) in [4.78, 5) is 59.1. The summed E-state index contributed by atoms with van der Waals surface area (Å²) in [7, 11) is 0. The van der Waals surface area contributed by atoms with Crippen LogP contribution in [0.15, 0.2) is 93.1 Å². The number of allylic oxidation sites excluding steroid dienone is 1. The zero-order valence-corrected chi connectivity index (χ0v) is 18.9. The maximum absolute atomic E-state index is 12.7. The molecule has 0 aliphatic rings. The topological polar surface area (TPSA) is 122 Å². The molecule has 0 bridgehead atoms. The number of hydrogen-bond acceptors (Lipinski definition) is 9. The van der Waals surface area contributed by atoms with E-state index >= 15 is 0 Å². The van der Waals surface area contributed by atoms with Gasteiger partial charge >= 0.3 is 23.9 Å². The summed E-state index contributed by atoms with van der Waals surface area (Å²) in [6, 6.07) is 8.10. The van der Waals surface area contributed by atoms with E-state index in [4.69, 9.17) is 18.9 Å². The summed E-state index contributed by atoms with van der Waals surface area (Å²) >= 11 is 0. The van der Waals surface area contributed by atoms with Crippen LogP contribution in [0, 0.1) is 0 Å². The van der Waals surface area contributed by atoms with Crippen LogP contribution in [0.4, 0.5) is 0 Å². The Hall–Kier alpha value is -5.31. The molecule has 0 saturated carbocycles. The van der Waals surface area contributed by atoms with Gasteiger partial charge < -0.3 is 18.9 Å². The molecule has 9 nitrogen and oxygen atoms in total. The first-order chi connectivity index (χ1) is 17.2. The average molecular weight is 488 g/mol. The van der Waals surface area contributed by atoms with E-state index in [0.717, 1.165) is 24.3 Å². The molecule has 9 heteroatoms. The highest BCUT2D eigenvalue weighted by Gasteiger charge is 2.15. The SMILES string of the molecule is C=CC(=O)Oc1ccc(C=CC(=O)c2ccc(OC(=O)C=C)c(OC(=O)C=C)c2)cc1OC(=O)C=C. The minimum atomic E-state index is -0.829. The number of rotatable bonds is 11. The van der Waals surface area contributed by atoms with Gasteiger partial charge in [-0.3, -0.25) is 4.79 Å². The van der Waals surface area contributed by atoms with Crippen molar-refractivity contribution in [1.29, 1.82) is 0 Å². The fourth-order valence-corrected chi connectivity index (χ4v) is 2.49. The first-order valence-corrected chi connectivity index (χ1v) is 10.1. The molecule has 0 saturated heterocycles. The van der Waals surface area contributed by atoms with Gasteiger partial charge in [0, 0.05) is 29.9 Å². The zero-order valence-electron chi connectivity index (χ0n) is 18.9. The molecule has 0 aromatic heterocycles. The second-order valence-corrected chi connectivity index (χ2v) is 6.57. The Balaban J connectivity index is 2.35. The predicted octanol–water partition coefficient (Wildman–Crippen LogP) is 3.95. The second-order valence-electron chi connectivity index (χ2n) is 6.57. The lowest BCUT2D eigenvalue weighted by Gasteiger charge is -2.10. The third-order valence-corrected chi connectivity index (χ3v) is 4.13. The Morgan fingerprint density at radius 1 is 0.556 bits per heavy atom. The summed E-state index contributed by atoms with van der Waals surface area (Å²) in [5, 5.41) is 0. The third-order valence-electron chi connectivity index (χ3n) is 4.13.